The highest BCUT2D eigenvalue weighted by atomic mass is 16.5. The molecule has 0 aromatic heterocycles. The van der Waals surface area contributed by atoms with E-state index in [4.69, 9.17) is 0 Å². The Labute approximate surface area is 93.0 Å². The van der Waals surface area contributed by atoms with Crippen molar-refractivity contribution in [2.45, 2.75) is 39.7 Å². The van der Waals surface area contributed by atoms with Gasteiger partial charge in [0.25, 0.3) is 0 Å². The van der Waals surface area contributed by atoms with Crippen LogP contribution in [0.4, 0.5) is 4.79 Å². The lowest BCUT2D eigenvalue weighted by atomic mass is 10.1. The fourth-order valence-electron chi connectivity index (χ4n) is 1.73. The molecule has 1 unspecified atom stereocenters. The first kappa shape index (κ1) is 14.2. The first-order valence-corrected chi connectivity index (χ1v) is 5.84. The van der Waals surface area contributed by atoms with Gasteiger partial charge in [0.1, 0.15) is 0 Å². The van der Waals surface area contributed by atoms with Crippen LogP contribution in [0.25, 0.3) is 0 Å². The highest BCUT2D eigenvalue weighted by molar-refractivity contribution is 5.67. The maximum Gasteiger partial charge on any atom is 0.409 e. The number of carbonyl (C=O) groups excluding carboxylic acids is 1. The summed E-state index contributed by atoms with van der Waals surface area (Å²) in [6, 6.07) is 0.442. The van der Waals surface area contributed by atoms with E-state index >= 15 is 0 Å². The molecular formula is C11H24N2O2. The SMILES string of the molecule is CC.CCNC1CCCN(C(=O)OC)C1. The highest BCUT2D eigenvalue weighted by Gasteiger charge is 2.22. The Kier molecular flexibility index (Phi) is 8.09. The molecular weight excluding hydrogens is 192 g/mol. The van der Waals surface area contributed by atoms with E-state index in [0.29, 0.717) is 6.04 Å². The maximum absolute atomic E-state index is 11.2. The monoisotopic (exact) mass is 216 g/mol. The summed E-state index contributed by atoms with van der Waals surface area (Å²) in [5, 5.41) is 3.34. The van der Waals surface area contributed by atoms with Crippen LogP contribution in [0.5, 0.6) is 0 Å². The third kappa shape index (κ3) is 5.02. The zero-order chi connectivity index (χ0) is 11.7. The molecule has 1 amide bonds. The summed E-state index contributed by atoms with van der Waals surface area (Å²) in [7, 11) is 1.43. The second kappa shape index (κ2) is 8.53. The minimum atomic E-state index is -0.206. The van der Waals surface area contributed by atoms with Crippen LogP contribution < -0.4 is 5.32 Å². The summed E-state index contributed by atoms with van der Waals surface area (Å²) in [5.41, 5.74) is 0. The lowest BCUT2D eigenvalue weighted by Crippen LogP contribution is -2.47. The lowest BCUT2D eigenvalue weighted by molar-refractivity contribution is 0.107. The van der Waals surface area contributed by atoms with Crippen molar-refractivity contribution in [3.63, 3.8) is 0 Å². The van der Waals surface area contributed by atoms with Crippen LogP contribution in [0.3, 0.4) is 0 Å². The number of amides is 1. The van der Waals surface area contributed by atoms with Gasteiger partial charge in [-0.1, -0.05) is 20.8 Å². The smallest absolute Gasteiger partial charge is 0.409 e. The van der Waals surface area contributed by atoms with Crippen molar-refractivity contribution < 1.29 is 9.53 Å². The molecule has 15 heavy (non-hydrogen) atoms. The molecule has 90 valence electrons. The number of nitrogens with zero attached hydrogens (tertiary/aromatic N) is 1. The fourth-order valence-corrected chi connectivity index (χ4v) is 1.73. The molecule has 1 aliphatic rings. The van der Waals surface area contributed by atoms with Crippen molar-refractivity contribution in [1.82, 2.24) is 10.2 Å². The molecule has 4 heteroatoms. The van der Waals surface area contributed by atoms with Gasteiger partial charge in [-0.05, 0) is 19.4 Å². The average Bonchev–Trinajstić information content (AvgIpc) is 2.31. The van der Waals surface area contributed by atoms with Gasteiger partial charge in [0.2, 0.25) is 0 Å². The minimum absolute atomic E-state index is 0.206. The summed E-state index contributed by atoms with van der Waals surface area (Å²) in [4.78, 5) is 13.0. The number of nitrogens with one attached hydrogen (secondary N) is 1. The van der Waals surface area contributed by atoms with Crippen LogP contribution in [0.2, 0.25) is 0 Å². The van der Waals surface area contributed by atoms with Crippen LogP contribution in [0.15, 0.2) is 0 Å². The molecule has 1 fully saturated rings. The molecule has 0 aliphatic carbocycles. The van der Waals surface area contributed by atoms with Crippen LogP contribution in [-0.4, -0.2) is 43.8 Å². The van der Waals surface area contributed by atoms with Gasteiger partial charge in [0.15, 0.2) is 0 Å². The van der Waals surface area contributed by atoms with Gasteiger partial charge in [-0.2, -0.15) is 0 Å². The Balaban J connectivity index is 0.000000921. The van der Waals surface area contributed by atoms with Crippen molar-refractivity contribution in [1.29, 1.82) is 0 Å². The number of hydrogen-bond donors (Lipinski definition) is 1. The van der Waals surface area contributed by atoms with E-state index in [0.717, 1.165) is 32.5 Å². The number of carbonyl (C=O) groups is 1. The summed E-state index contributed by atoms with van der Waals surface area (Å²) in [6.07, 6.45) is 2.01. The van der Waals surface area contributed by atoms with E-state index in [-0.39, 0.29) is 6.09 Å². The molecule has 1 aliphatic heterocycles. The van der Waals surface area contributed by atoms with Crippen LogP contribution >= 0.6 is 0 Å². The molecule has 0 aromatic carbocycles. The summed E-state index contributed by atoms with van der Waals surface area (Å²) < 4.78 is 4.68. The molecule has 0 saturated carbocycles. The number of likely N-dealkylation sites (tertiary alicyclic amines) is 1. The van der Waals surface area contributed by atoms with Crippen molar-refractivity contribution in [2.75, 3.05) is 26.7 Å². The van der Waals surface area contributed by atoms with Gasteiger partial charge < -0.3 is 15.0 Å². The molecule has 1 N–H and O–H groups in total. The molecule has 0 spiro atoms. The van der Waals surface area contributed by atoms with Gasteiger partial charge in [-0.15, -0.1) is 0 Å². The summed E-state index contributed by atoms with van der Waals surface area (Å²) >= 11 is 0. The molecule has 0 aromatic rings. The maximum atomic E-state index is 11.2. The predicted octanol–water partition coefficient (Wildman–Crippen LogP) is 1.85. The standard InChI is InChI=1S/C9H18N2O2.C2H6/c1-3-10-8-5-4-6-11(7-8)9(12)13-2;1-2/h8,10H,3-7H2,1-2H3;1-2H3. The first-order valence-electron chi connectivity index (χ1n) is 5.84. The topological polar surface area (TPSA) is 41.6 Å². The fraction of sp³-hybridized carbons (Fsp3) is 0.909. The number of piperidine rings is 1. The molecule has 1 heterocycles. The van der Waals surface area contributed by atoms with Gasteiger partial charge in [-0.3, -0.25) is 0 Å². The van der Waals surface area contributed by atoms with Crippen LogP contribution in [0.1, 0.15) is 33.6 Å². The van der Waals surface area contributed by atoms with E-state index in [2.05, 4.69) is 17.0 Å². The average molecular weight is 216 g/mol. The molecule has 4 nitrogen and oxygen atoms in total. The quantitative estimate of drug-likeness (QED) is 0.766. The number of likely N-dealkylation sites (N-methyl/N-ethyl adjacent to an activating group) is 1. The van der Waals surface area contributed by atoms with E-state index in [1.54, 1.807) is 4.90 Å². The predicted molar refractivity (Wildman–Crippen MR) is 62.0 cm³/mol. The summed E-state index contributed by atoms with van der Waals surface area (Å²) in [6.45, 7) is 8.64. The molecule has 0 bridgehead atoms. The van der Waals surface area contributed by atoms with Crippen molar-refractivity contribution in [2.24, 2.45) is 0 Å². The zero-order valence-electron chi connectivity index (χ0n) is 10.4. The zero-order valence-corrected chi connectivity index (χ0v) is 10.4. The van der Waals surface area contributed by atoms with E-state index in [1.165, 1.54) is 7.11 Å². The molecule has 1 saturated heterocycles. The Bertz CT molecular complexity index is 172. The molecule has 1 atom stereocenters. The Morgan fingerprint density at radius 2 is 2.20 bits per heavy atom. The number of ether oxygens (including phenoxy) is 1. The molecule has 1 rings (SSSR count). The number of hydrogen-bond acceptors (Lipinski definition) is 3. The van der Waals surface area contributed by atoms with E-state index < -0.39 is 0 Å². The van der Waals surface area contributed by atoms with Crippen molar-refractivity contribution in [3.8, 4) is 0 Å². The van der Waals surface area contributed by atoms with Gasteiger partial charge in [0, 0.05) is 19.1 Å². The van der Waals surface area contributed by atoms with E-state index in [1.807, 2.05) is 13.8 Å². The first-order chi connectivity index (χ1) is 7.27. The Hall–Kier alpha value is -0.770. The minimum Gasteiger partial charge on any atom is -0.453 e. The second-order valence-corrected chi connectivity index (χ2v) is 3.31. The third-order valence-electron chi connectivity index (χ3n) is 2.35. The molecule has 0 radical (unpaired) electrons. The summed E-state index contributed by atoms with van der Waals surface area (Å²) in [5.74, 6) is 0. The van der Waals surface area contributed by atoms with Crippen molar-refractivity contribution >= 4 is 6.09 Å². The second-order valence-electron chi connectivity index (χ2n) is 3.31. The van der Waals surface area contributed by atoms with Gasteiger partial charge >= 0.3 is 6.09 Å². The van der Waals surface area contributed by atoms with Crippen LogP contribution in [0, 0.1) is 0 Å². The Morgan fingerprint density at radius 1 is 1.53 bits per heavy atom. The number of methoxy groups -OCH3 is 1. The van der Waals surface area contributed by atoms with Gasteiger partial charge in [0.05, 0.1) is 7.11 Å². The highest BCUT2D eigenvalue weighted by Crippen LogP contribution is 2.10. The largest absolute Gasteiger partial charge is 0.453 e. The van der Waals surface area contributed by atoms with Crippen LogP contribution in [-0.2, 0) is 4.74 Å². The van der Waals surface area contributed by atoms with E-state index in [9.17, 15) is 4.79 Å². The Morgan fingerprint density at radius 3 is 2.73 bits per heavy atom. The van der Waals surface area contributed by atoms with Crippen molar-refractivity contribution in [3.05, 3.63) is 0 Å². The third-order valence-corrected chi connectivity index (χ3v) is 2.35. The lowest BCUT2D eigenvalue weighted by Gasteiger charge is -2.31. The number of rotatable bonds is 2. The normalized spacial score (nSPS) is 20.3. The van der Waals surface area contributed by atoms with Gasteiger partial charge in [-0.25, -0.2) is 4.79 Å².